The van der Waals surface area contributed by atoms with Gasteiger partial charge in [-0.15, -0.1) is 11.8 Å². The highest BCUT2D eigenvalue weighted by Crippen LogP contribution is 2.29. The lowest BCUT2D eigenvalue weighted by molar-refractivity contribution is -0.140. The number of amides is 2. The third kappa shape index (κ3) is 2.92. The number of carboxylic acids is 1. The molecule has 9 heteroatoms. The zero-order valence-corrected chi connectivity index (χ0v) is 13.0. The smallest absolute Gasteiger partial charge is 0.327 e. The number of nitrogens with zero attached hydrogens (tertiary/aromatic N) is 2. The van der Waals surface area contributed by atoms with Crippen molar-refractivity contribution in [3.05, 3.63) is 23.2 Å². The van der Waals surface area contributed by atoms with Crippen LogP contribution in [0.15, 0.2) is 18.2 Å². The highest BCUT2D eigenvalue weighted by atomic mass is 35.5. The van der Waals surface area contributed by atoms with Crippen molar-refractivity contribution in [1.82, 2.24) is 9.88 Å². The van der Waals surface area contributed by atoms with Crippen LogP contribution in [0.5, 0.6) is 0 Å². The van der Waals surface area contributed by atoms with E-state index in [1.165, 1.54) is 28.0 Å². The number of hydrogen-bond donors (Lipinski definition) is 2. The number of nitrogens with one attached hydrogen (secondary N) is 1. The van der Waals surface area contributed by atoms with Gasteiger partial charge in [0.05, 0.1) is 16.1 Å². The summed E-state index contributed by atoms with van der Waals surface area (Å²) in [4.78, 5) is 28.8. The van der Waals surface area contributed by atoms with Crippen LogP contribution in [0, 0.1) is 0 Å². The molecule has 2 heterocycles. The molecule has 0 saturated carbocycles. The zero-order valence-electron chi connectivity index (χ0n) is 10.6. The van der Waals surface area contributed by atoms with Gasteiger partial charge in [0.1, 0.15) is 6.04 Å². The van der Waals surface area contributed by atoms with Gasteiger partial charge in [-0.2, -0.15) is 0 Å². The van der Waals surface area contributed by atoms with Crippen LogP contribution in [-0.4, -0.2) is 44.7 Å². The molecule has 3 rings (SSSR count). The van der Waals surface area contributed by atoms with E-state index in [-0.39, 0.29) is 0 Å². The summed E-state index contributed by atoms with van der Waals surface area (Å²) in [6, 6.07) is 4.04. The number of benzene rings is 1. The van der Waals surface area contributed by atoms with E-state index in [0.29, 0.717) is 21.8 Å². The monoisotopic (exact) mass is 343 g/mol. The van der Waals surface area contributed by atoms with Crippen molar-refractivity contribution in [2.45, 2.75) is 6.04 Å². The Morgan fingerprint density at radius 3 is 3.05 bits per heavy atom. The number of anilines is 1. The Morgan fingerprint density at radius 1 is 1.48 bits per heavy atom. The van der Waals surface area contributed by atoms with Crippen LogP contribution in [0.2, 0.25) is 5.02 Å². The lowest BCUT2D eigenvalue weighted by Crippen LogP contribution is -2.43. The number of carbonyl (C=O) groups excluding carboxylic acids is 1. The fourth-order valence-corrected chi connectivity index (χ4v) is 4.24. The van der Waals surface area contributed by atoms with E-state index in [1.54, 1.807) is 18.2 Å². The Balaban J connectivity index is 1.78. The molecule has 1 aliphatic heterocycles. The van der Waals surface area contributed by atoms with Crippen LogP contribution < -0.4 is 5.32 Å². The summed E-state index contributed by atoms with van der Waals surface area (Å²) in [6.45, 7) is 0. The molecule has 2 aromatic rings. The average Bonchev–Trinajstić information content (AvgIpc) is 3.03. The van der Waals surface area contributed by atoms with Gasteiger partial charge in [-0.1, -0.05) is 22.9 Å². The Kier molecular flexibility index (Phi) is 3.92. The van der Waals surface area contributed by atoms with Crippen molar-refractivity contribution in [1.29, 1.82) is 0 Å². The van der Waals surface area contributed by atoms with Crippen LogP contribution in [0.4, 0.5) is 9.93 Å². The van der Waals surface area contributed by atoms with Gasteiger partial charge in [-0.25, -0.2) is 14.6 Å². The Hall–Kier alpha value is -1.51. The molecule has 1 aromatic carbocycles. The largest absolute Gasteiger partial charge is 0.480 e. The summed E-state index contributed by atoms with van der Waals surface area (Å²) in [5.41, 5.74) is 0.741. The van der Waals surface area contributed by atoms with Gasteiger partial charge in [0, 0.05) is 10.8 Å². The molecule has 0 spiro atoms. The number of aromatic nitrogens is 1. The molecule has 0 radical (unpaired) electrons. The molecule has 1 aromatic heterocycles. The van der Waals surface area contributed by atoms with E-state index in [2.05, 4.69) is 10.3 Å². The third-order valence-corrected chi connectivity index (χ3v) is 5.17. The molecule has 110 valence electrons. The molecular formula is C12H10ClN3O3S2. The van der Waals surface area contributed by atoms with Crippen molar-refractivity contribution in [2.24, 2.45) is 0 Å². The van der Waals surface area contributed by atoms with Gasteiger partial charge >= 0.3 is 12.0 Å². The van der Waals surface area contributed by atoms with Crippen LogP contribution in [0.3, 0.4) is 0 Å². The standard InChI is InChI=1S/C12H10ClN3O3S2/c13-6-1-2-7-9(3-6)21-11(14-7)15-12(19)16-5-20-4-8(16)10(17)18/h1-3,8H,4-5H2,(H,17,18)(H,14,15,19). The number of urea groups is 1. The molecule has 1 unspecified atom stereocenters. The summed E-state index contributed by atoms with van der Waals surface area (Å²) in [7, 11) is 0. The zero-order chi connectivity index (χ0) is 15.0. The molecule has 1 saturated heterocycles. The molecule has 1 aliphatic rings. The number of carbonyl (C=O) groups is 2. The second-order valence-electron chi connectivity index (χ2n) is 4.38. The van der Waals surface area contributed by atoms with Gasteiger partial charge in [0.15, 0.2) is 5.13 Å². The van der Waals surface area contributed by atoms with Gasteiger partial charge in [0.2, 0.25) is 0 Å². The summed E-state index contributed by atoms with van der Waals surface area (Å²) in [5.74, 6) is -0.233. The first kappa shape index (κ1) is 14.4. The summed E-state index contributed by atoms with van der Waals surface area (Å²) in [5, 5.41) is 12.8. The van der Waals surface area contributed by atoms with Crippen molar-refractivity contribution in [3.63, 3.8) is 0 Å². The third-order valence-electron chi connectivity index (χ3n) is 2.99. The number of halogens is 1. The maximum Gasteiger partial charge on any atom is 0.327 e. The minimum Gasteiger partial charge on any atom is -0.480 e. The number of aliphatic carboxylic acids is 1. The molecule has 21 heavy (non-hydrogen) atoms. The van der Waals surface area contributed by atoms with Crippen LogP contribution in [-0.2, 0) is 4.79 Å². The Morgan fingerprint density at radius 2 is 2.29 bits per heavy atom. The van der Waals surface area contributed by atoms with Crippen LogP contribution in [0.25, 0.3) is 10.2 Å². The molecule has 6 nitrogen and oxygen atoms in total. The number of thioether (sulfide) groups is 1. The summed E-state index contributed by atoms with van der Waals surface area (Å²) < 4.78 is 0.864. The SMILES string of the molecule is O=C(O)C1CSCN1C(=O)Nc1nc2ccc(Cl)cc2s1. The minimum atomic E-state index is -0.994. The Labute approximate surface area is 133 Å². The normalized spacial score (nSPS) is 18.1. The summed E-state index contributed by atoms with van der Waals surface area (Å²) in [6.07, 6.45) is 0. The second kappa shape index (κ2) is 5.70. The van der Waals surface area contributed by atoms with E-state index in [1.807, 2.05) is 0 Å². The number of rotatable bonds is 2. The van der Waals surface area contributed by atoms with Crippen LogP contribution in [0.1, 0.15) is 0 Å². The van der Waals surface area contributed by atoms with Crippen molar-refractivity contribution in [3.8, 4) is 0 Å². The minimum absolute atomic E-state index is 0.361. The van der Waals surface area contributed by atoms with Crippen LogP contribution >= 0.6 is 34.7 Å². The van der Waals surface area contributed by atoms with E-state index in [0.717, 1.165) is 10.2 Å². The van der Waals surface area contributed by atoms with E-state index in [9.17, 15) is 9.59 Å². The first-order valence-electron chi connectivity index (χ1n) is 5.99. The van der Waals surface area contributed by atoms with Gasteiger partial charge < -0.3 is 10.0 Å². The van der Waals surface area contributed by atoms with Gasteiger partial charge in [-0.3, -0.25) is 5.32 Å². The molecule has 1 atom stereocenters. The first-order chi connectivity index (χ1) is 10.0. The van der Waals surface area contributed by atoms with Crippen molar-refractivity contribution < 1.29 is 14.7 Å². The van der Waals surface area contributed by atoms with Gasteiger partial charge in [0.25, 0.3) is 0 Å². The summed E-state index contributed by atoms with van der Waals surface area (Å²) >= 11 is 8.62. The quantitative estimate of drug-likeness (QED) is 0.876. The predicted octanol–water partition coefficient (Wildman–Crippen LogP) is 2.94. The molecule has 0 bridgehead atoms. The second-order valence-corrected chi connectivity index (χ2v) is 6.85. The number of carboxylic acid groups (broad SMARTS) is 1. The number of thiazole rings is 1. The van der Waals surface area contributed by atoms with E-state index in [4.69, 9.17) is 16.7 Å². The molecule has 2 amide bonds. The van der Waals surface area contributed by atoms with Crippen molar-refractivity contribution >= 4 is 62.0 Å². The molecule has 2 N–H and O–H groups in total. The highest BCUT2D eigenvalue weighted by molar-refractivity contribution is 7.99. The highest BCUT2D eigenvalue weighted by Gasteiger charge is 2.34. The van der Waals surface area contributed by atoms with Crippen molar-refractivity contribution in [2.75, 3.05) is 16.9 Å². The lowest BCUT2D eigenvalue weighted by Gasteiger charge is -2.19. The maximum absolute atomic E-state index is 12.2. The predicted molar refractivity (Wildman–Crippen MR) is 84.2 cm³/mol. The molecule has 0 aliphatic carbocycles. The van der Waals surface area contributed by atoms with E-state index < -0.39 is 18.0 Å². The fourth-order valence-electron chi connectivity index (χ4n) is 1.96. The number of hydrogen-bond acceptors (Lipinski definition) is 5. The molecule has 1 fully saturated rings. The molecular weight excluding hydrogens is 334 g/mol. The lowest BCUT2D eigenvalue weighted by atomic mass is 10.3. The topological polar surface area (TPSA) is 82.5 Å². The van der Waals surface area contributed by atoms with E-state index >= 15 is 0 Å². The average molecular weight is 344 g/mol. The number of fused-ring (bicyclic) bond motifs is 1. The first-order valence-corrected chi connectivity index (χ1v) is 8.34. The fraction of sp³-hybridized carbons (Fsp3) is 0.250. The maximum atomic E-state index is 12.2. The Bertz CT molecular complexity index is 721. The van der Waals surface area contributed by atoms with Gasteiger partial charge in [-0.05, 0) is 18.2 Å².